The second-order valence-electron chi connectivity index (χ2n) is 6.52. The van der Waals surface area contributed by atoms with Crippen molar-refractivity contribution in [3.63, 3.8) is 0 Å². The minimum Gasteiger partial charge on any atom is -0.508 e. The van der Waals surface area contributed by atoms with Gasteiger partial charge in [-0.1, -0.05) is 12.1 Å². The Morgan fingerprint density at radius 2 is 1.88 bits per heavy atom. The lowest BCUT2D eigenvalue weighted by atomic mass is 10.1. The number of aryl methyl sites for hydroxylation is 1. The lowest BCUT2D eigenvalue weighted by Gasteiger charge is -2.34. The fourth-order valence-corrected chi connectivity index (χ4v) is 3.37. The third-order valence-corrected chi connectivity index (χ3v) is 4.64. The van der Waals surface area contributed by atoms with E-state index < -0.39 is 6.17 Å². The van der Waals surface area contributed by atoms with Crippen molar-refractivity contribution < 1.29 is 5.11 Å². The van der Waals surface area contributed by atoms with Gasteiger partial charge in [0, 0.05) is 24.8 Å². The molecule has 1 fully saturated rings. The molecule has 0 unspecified atom stereocenters. The van der Waals surface area contributed by atoms with Gasteiger partial charge in [0.15, 0.2) is 6.17 Å². The topological polar surface area (TPSA) is 82.8 Å². The number of hydrogen-bond acceptors (Lipinski definition) is 6. The van der Waals surface area contributed by atoms with Crippen molar-refractivity contribution in [2.45, 2.75) is 32.4 Å². The molecule has 1 saturated heterocycles. The van der Waals surface area contributed by atoms with Gasteiger partial charge in [0.25, 0.3) is 5.56 Å². The highest BCUT2D eigenvalue weighted by Crippen LogP contribution is 2.27. The van der Waals surface area contributed by atoms with E-state index in [0.29, 0.717) is 11.6 Å². The Bertz CT molecular complexity index is 866. The van der Waals surface area contributed by atoms with Gasteiger partial charge in [-0.25, -0.2) is 9.98 Å². The van der Waals surface area contributed by atoms with Crippen molar-refractivity contribution >= 4 is 11.9 Å². The molecule has 7 heteroatoms. The number of piperidine rings is 1. The Morgan fingerprint density at radius 1 is 1.16 bits per heavy atom. The zero-order valence-corrected chi connectivity index (χ0v) is 14.1. The number of rotatable bonds is 1. The van der Waals surface area contributed by atoms with Gasteiger partial charge in [-0.2, -0.15) is 0 Å². The molecule has 25 heavy (non-hydrogen) atoms. The summed E-state index contributed by atoms with van der Waals surface area (Å²) in [5.41, 5.74) is 1.37. The molecule has 130 valence electrons. The van der Waals surface area contributed by atoms with Crippen LogP contribution in [0.15, 0.2) is 40.1 Å². The maximum atomic E-state index is 12.6. The first kappa shape index (κ1) is 15.7. The number of guanidine groups is 1. The molecule has 0 amide bonds. The summed E-state index contributed by atoms with van der Waals surface area (Å²) in [5.74, 6) is 1.46. The van der Waals surface area contributed by atoms with Crippen LogP contribution < -0.4 is 10.9 Å². The maximum absolute atomic E-state index is 12.6. The Morgan fingerprint density at radius 3 is 2.60 bits per heavy atom. The standard InChI is InChI=1S/C18H21N5O2/c1-12-11-15(25)23-16(13-5-7-14(24)8-6-13)20-17(21-18(23)19-12)22-9-3-2-4-10-22/h5-8,11,16,24H,2-4,9-10H2,1H3,(H,19,20,21)/t16-/m0/s1. The Labute approximate surface area is 145 Å². The summed E-state index contributed by atoms with van der Waals surface area (Å²) in [6, 6.07) is 8.32. The molecule has 3 heterocycles. The van der Waals surface area contributed by atoms with Crippen LogP contribution in [0.4, 0.5) is 5.95 Å². The van der Waals surface area contributed by atoms with Gasteiger partial charge >= 0.3 is 0 Å². The third-order valence-electron chi connectivity index (χ3n) is 4.64. The van der Waals surface area contributed by atoms with E-state index in [2.05, 4.69) is 15.2 Å². The number of aliphatic imine (C=N–C) groups is 1. The largest absolute Gasteiger partial charge is 0.508 e. The van der Waals surface area contributed by atoms with Crippen LogP contribution in [0.1, 0.15) is 36.7 Å². The third kappa shape index (κ3) is 2.97. The van der Waals surface area contributed by atoms with E-state index in [1.807, 2.05) is 6.92 Å². The van der Waals surface area contributed by atoms with E-state index in [-0.39, 0.29) is 11.3 Å². The quantitative estimate of drug-likeness (QED) is 0.831. The zero-order valence-electron chi connectivity index (χ0n) is 14.1. The predicted molar refractivity (Wildman–Crippen MR) is 96.0 cm³/mol. The van der Waals surface area contributed by atoms with E-state index in [1.54, 1.807) is 28.8 Å². The van der Waals surface area contributed by atoms with Crippen molar-refractivity contribution in [1.82, 2.24) is 14.5 Å². The maximum Gasteiger partial charge on any atom is 0.257 e. The van der Waals surface area contributed by atoms with Crippen LogP contribution in [0.25, 0.3) is 0 Å². The van der Waals surface area contributed by atoms with Crippen LogP contribution in [0.3, 0.4) is 0 Å². The number of hydrogen-bond donors (Lipinski definition) is 2. The number of fused-ring (bicyclic) bond motifs is 1. The number of aromatic hydroxyl groups is 1. The first-order chi connectivity index (χ1) is 12.1. The number of nitrogens with zero attached hydrogens (tertiary/aromatic N) is 4. The van der Waals surface area contributed by atoms with Crippen molar-refractivity contribution in [2.24, 2.45) is 4.99 Å². The summed E-state index contributed by atoms with van der Waals surface area (Å²) in [4.78, 5) is 24.1. The molecule has 2 aliphatic rings. The summed E-state index contributed by atoms with van der Waals surface area (Å²) >= 11 is 0. The van der Waals surface area contributed by atoms with E-state index >= 15 is 0 Å². The SMILES string of the molecule is Cc1cc(=O)n2c(n1)NC(N1CCCCC1)=N[C@@H]2c1ccc(O)cc1. The summed E-state index contributed by atoms with van der Waals surface area (Å²) < 4.78 is 1.56. The highest BCUT2D eigenvalue weighted by Gasteiger charge is 2.27. The Kier molecular flexibility index (Phi) is 3.91. The van der Waals surface area contributed by atoms with E-state index in [9.17, 15) is 9.90 Å². The van der Waals surface area contributed by atoms with Crippen molar-refractivity contribution in [1.29, 1.82) is 0 Å². The number of nitrogens with one attached hydrogen (secondary N) is 1. The van der Waals surface area contributed by atoms with Crippen LogP contribution in [-0.2, 0) is 0 Å². The molecule has 7 nitrogen and oxygen atoms in total. The van der Waals surface area contributed by atoms with Crippen molar-refractivity contribution in [3.8, 4) is 5.75 Å². The monoisotopic (exact) mass is 339 g/mol. The smallest absolute Gasteiger partial charge is 0.257 e. The molecular formula is C18H21N5O2. The molecule has 1 aromatic heterocycles. The molecule has 0 aliphatic carbocycles. The number of anilines is 1. The molecule has 2 aliphatic heterocycles. The van der Waals surface area contributed by atoms with Crippen LogP contribution >= 0.6 is 0 Å². The molecular weight excluding hydrogens is 318 g/mol. The number of benzene rings is 1. The molecule has 0 bridgehead atoms. The summed E-state index contributed by atoms with van der Waals surface area (Å²) in [6.07, 6.45) is 3.02. The molecule has 2 N–H and O–H groups in total. The number of aromatic nitrogens is 2. The second-order valence-corrected chi connectivity index (χ2v) is 6.52. The van der Waals surface area contributed by atoms with Gasteiger partial charge in [0.2, 0.25) is 11.9 Å². The second kappa shape index (κ2) is 6.23. The highest BCUT2D eigenvalue weighted by atomic mass is 16.3. The average Bonchev–Trinajstić information content (AvgIpc) is 2.62. The lowest BCUT2D eigenvalue weighted by Crippen LogP contribution is -2.45. The minimum absolute atomic E-state index is 0.144. The number of phenols is 1. The molecule has 4 rings (SSSR count). The summed E-state index contributed by atoms with van der Waals surface area (Å²) in [7, 11) is 0. The van der Waals surface area contributed by atoms with Gasteiger partial charge in [-0.3, -0.25) is 14.7 Å². The average molecular weight is 339 g/mol. The highest BCUT2D eigenvalue weighted by molar-refractivity contribution is 5.93. The molecule has 0 spiro atoms. The normalized spacial score (nSPS) is 19.8. The Balaban J connectivity index is 1.82. The lowest BCUT2D eigenvalue weighted by molar-refractivity contribution is 0.335. The van der Waals surface area contributed by atoms with Gasteiger partial charge < -0.3 is 10.0 Å². The molecule has 0 radical (unpaired) electrons. The number of likely N-dealkylation sites (tertiary alicyclic amines) is 1. The van der Waals surface area contributed by atoms with E-state index in [1.165, 1.54) is 12.5 Å². The number of phenolic OH excluding ortho intramolecular Hbond substituents is 1. The van der Waals surface area contributed by atoms with Crippen molar-refractivity contribution in [2.75, 3.05) is 18.4 Å². The Hall–Kier alpha value is -2.83. The van der Waals surface area contributed by atoms with Crippen LogP contribution in [-0.4, -0.2) is 38.6 Å². The fourth-order valence-electron chi connectivity index (χ4n) is 3.37. The van der Waals surface area contributed by atoms with Crippen molar-refractivity contribution in [3.05, 3.63) is 51.9 Å². The minimum atomic E-state index is -0.491. The van der Waals surface area contributed by atoms with Gasteiger partial charge in [0.05, 0.1) is 0 Å². The first-order valence-corrected chi connectivity index (χ1v) is 8.61. The predicted octanol–water partition coefficient (Wildman–Crippen LogP) is 2.07. The van der Waals surface area contributed by atoms with Gasteiger partial charge in [-0.15, -0.1) is 0 Å². The zero-order chi connectivity index (χ0) is 17.4. The first-order valence-electron chi connectivity index (χ1n) is 8.61. The molecule has 0 saturated carbocycles. The van der Waals surface area contributed by atoms with Crippen LogP contribution in [0.2, 0.25) is 0 Å². The molecule has 2 aromatic rings. The molecule has 1 aromatic carbocycles. The molecule has 1 atom stereocenters. The van der Waals surface area contributed by atoms with E-state index in [4.69, 9.17) is 4.99 Å². The van der Waals surface area contributed by atoms with E-state index in [0.717, 1.165) is 37.5 Å². The van der Waals surface area contributed by atoms with Gasteiger partial charge in [-0.05, 0) is 43.9 Å². The summed E-state index contributed by atoms with van der Waals surface area (Å²) in [5, 5.41) is 12.8. The van der Waals surface area contributed by atoms with Gasteiger partial charge in [0.1, 0.15) is 5.75 Å². The summed E-state index contributed by atoms with van der Waals surface area (Å²) in [6.45, 7) is 3.71. The fraction of sp³-hybridized carbons (Fsp3) is 0.389. The van der Waals surface area contributed by atoms with Crippen LogP contribution in [0, 0.1) is 6.92 Å². The van der Waals surface area contributed by atoms with Crippen LogP contribution in [0.5, 0.6) is 5.75 Å².